The average Bonchev–Trinajstić information content (AvgIpc) is 3.45. The number of allylic oxidation sites excluding steroid dienone is 2. The van der Waals surface area contributed by atoms with Crippen molar-refractivity contribution in [1.29, 1.82) is 0 Å². The van der Waals surface area contributed by atoms with Crippen molar-refractivity contribution >= 4 is 5.57 Å². The van der Waals surface area contributed by atoms with E-state index in [2.05, 4.69) is 57.3 Å². The van der Waals surface area contributed by atoms with Crippen molar-refractivity contribution < 1.29 is 0 Å². The molecule has 0 radical (unpaired) electrons. The Balaban J connectivity index is 1.22. The first kappa shape index (κ1) is 16.8. The Hall–Kier alpha value is -2.39. The molecule has 3 aliphatic rings. The molecule has 0 saturated carbocycles. The number of hydrogen-bond acceptors (Lipinski definition) is 3. The van der Waals surface area contributed by atoms with E-state index in [0.29, 0.717) is 0 Å². The molecule has 1 fully saturated rings. The maximum atomic E-state index is 4.52. The van der Waals surface area contributed by atoms with E-state index in [0.717, 1.165) is 6.54 Å². The van der Waals surface area contributed by atoms with Crippen LogP contribution in [0.2, 0.25) is 0 Å². The number of piperidine rings is 1. The van der Waals surface area contributed by atoms with Crippen LogP contribution in [0.4, 0.5) is 0 Å². The first-order chi connectivity index (χ1) is 13.4. The lowest BCUT2D eigenvalue weighted by molar-refractivity contribution is 0.218. The molecule has 0 amide bonds. The maximum Gasteiger partial charge on any atom is 0.0454 e. The van der Waals surface area contributed by atoms with Crippen LogP contribution in [-0.4, -0.2) is 47.5 Å². The third-order valence-electron chi connectivity index (χ3n) is 6.03. The van der Waals surface area contributed by atoms with Crippen molar-refractivity contribution in [2.24, 2.45) is 0 Å². The van der Waals surface area contributed by atoms with Crippen LogP contribution in [0.1, 0.15) is 31.2 Å². The standard InChI is InChI=1S/C24H27N3/c1-3-8-19(9-4-1)20-14-21(17-25-16-20)23-18-27(24-15-22(23)24)13-7-12-26-10-5-2-6-11-26/h1,3-4,8-9,14-17H,2,5-7,10-13,18H2. The third kappa shape index (κ3) is 3.57. The summed E-state index contributed by atoms with van der Waals surface area (Å²) in [6.07, 6.45) is 11.8. The van der Waals surface area contributed by atoms with E-state index in [9.17, 15) is 0 Å². The molecule has 3 nitrogen and oxygen atoms in total. The monoisotopic (exact) mass is 357 g/mol. The lowest BCUT2D eigenvalue weighted by atomic mass is 10.0. The number of aromatic nitrogens is 1. The van der Waals surface area contributed by atoms with Gasteiger partial charge in [-0.15, -0.1) is 0 Å². The topological polar surface area (TPSA) is 19.4 Å². The summed E-state index contributed by atoms with van der Waals surface area (Å²) in [5.74, 6) is 0. The summed E-state index contributed by atoms with van der Waals surface area (Å²) in [7, 11) is 0. The van der Waals surface area contributed by atoms with Crippen LogP contribution in [0.5, 0.6) is 0 Å². The van der Waals surface area contributed by atoms with Crippen molar-refractivity contribution in [2.75, 3.05) is 32.7 Å². The molecule has 0 bridgehead atoms. The number of fused-ring (bicyclic) bond motifs is 1. The van der Waals surface area contributed by atoms with Gasteiger partial charge in [-0.3, -0.25) is 4.98 Å². The van der Waals surface area contributed by atoms with E-state index < -0.39 is 0 Å². The first-order valence-corrected chi connectivity index (χ1v) is 10.3. The molecule has 2 aromatic rings. The Morgan fingerprint density at radius 2 is 1.67 bits per heavy atom. The summed E-state index contributed by atoms with van der Waals surface area (Å²) >= 11 is 0. The van der Waals surface area contributed by atoms with Gasteiger partial charge in [-0.1, -0.05) is 36.8 Å². The van der Waals surface area contributed by atoms with Crippen LogP contribution < -0.4 is 0 Å². The van der Waals surface area contributed by atoms with Gasteiger partial charge in [-0.25, -0.2) is 0 Å². The largest absolute Gasteiger partial charge is 0.367 e. The molecule has 0 atom stereocenters. The van der Waals surface area contributed by atoms with Crippen LogP contribution in [0.15, 0.2) is 66.1 Å². The summed E-state index contributed by atoms with van der Waals surface area (Å²) in [5.41, 5.74) is 8.09. The molecular formula is C24H27N3. The second-order valence-electron chi connectivity index (χ2n) is 7.93. The van der Waals surface area contributed by atoms with Gasteiger partial charge in [0.25, 0.3) is 0 Å². The summed E-state index contributed by atoms with van der Waals surface area (Å²) in [4.78, 5) is 9.73. The van der Waals surface area contributed by atoms with Gasteiger partial charge in [0.15, 0.2) is 0 Å². The Labute approximate surface area is 162 Å². The number of nitrogens with zero attached hydrogens (tertiary/aromatic N) is 3. The molecule has 5 rings (SSSR count). The fourth-order valence-electron chi connectivity index (χ4n) is 4.47. The van der Waals surface area contributed by atoms with E-state index in [4.69, 9.17) is 0 Å². The van der Waals surface area contributed by atoms with Gasteiger partial charge in [0.05, 0.1) is 0 Å². The molecule has 1 aromatic heterocycles. The van der Waals surface area contributed by atoms with E-state index in [1.165, 1.54) is 85.4 Å². The normalized spacial score (nSPS) is 19.3. The highest BCUT2D eigenvalue weighted by molar-refractivity contribution is 5.87. The predicted molar refractivity (Wildman–Crippen MR) is 111 cm³/mol. The van der Waals surface area contributed by atoms with Crippen molar-refractivity contribution in [3.63, 3.8) is 0 Å². The third-order valence-corrected chi connectivity index (χ3v) is 6.03. The minimum Gasteiger partial charge on any atom is -0.367 e. The molecule has 27 heavy (non-hydrogen) atoms. The minimum atomic E-state index is 1.04. The van der Waals surface area contributed by atoms with E-state index in [-0.39, 0.29) is 0 Å². The maximum absolute atomic E-state index is 4.52. The number of pyridine rings is 1. The van der Waals surface area contributed by atoms with Gasteiger partial charge in [-0.05, 0) is 67.7 Å². The van der Waals surface area contributed by atoms with Gasteiger partial charge in [0.1, 0.15) is 0 Å². The fraction of sp³-hybridized carbons (Fsp3) is 0.375. The van der Waals surface area contributed by atoms with Crippen LogP contribution in [0.25, 0.3) is 16.7 Å². The zero-order valence-corrected chi connectivity index (χ0v) is 15.9. The highest BCUT2D eigenvalue weighted by Gasteiger charge is 2.34. The SMILES string of the molecule is C1=C2C1=C(c1cncc(-c3ccccc3)c1)CN2CCCN1CCCCC1. The van der Waals surface area contributed by atoms with E-state index in [1.807, 2.05) is 12.4 Å². The molecule has 3 heterocycles. The smallest absolute Gasteiger partial charge is 0.0454 e. The highest BCUT2D eigenvalue weighted by Crippen LogP contribution is 2.45. The average molecular weight is 358 g/mol. The van der Waals surface area contributed by atoms with Crippen molar-refractivity contribution in [1.82, 2.24) is 14.8 Å². The van der Waals surface area contributed by atoms with Crippen molar-refractivity contribution in [2.45, 2.75) is 25.7 Å². The Kier molecular flexibility index (Phi) is 4.54. The summed E-state index contributed by atoms with van der Waals surface area (Å²) in [6.45, 7) is 6.06. The lowest BCUT2D eigenvalue weighted by Gasteiger charge is -2.27. The second kappa shape index (κ2) is 7.32. The lowest BCUT2D eigenvalue weighted by Crippen LogP contribution is -2.32. The Morgan fingerprint density at radius 1 is 0.852 bits per heavy atom. The molecule has 138 valence electrons. The summed E-state index contributed by atoms with van der Waals surface area (Å²) in [6, 6.07) is 12.8. The van der Waals surface area contributed by atoms with Gasteiger partial charge < -0.3 is 9.80 Å². The quantitative estimate of drug-likeness (QED) is 0.754. The first-order valence-electron chi connectivity index (χ1n) is 10.3. The Morgan fingerprint density at radius 3 is 2.52 bits per heavy atom. The van der Waals surface area contributed by atoms with Gasteiger partial charge in [0, 0.05) is 42.3 Å². The van der Waals surface area contributed by atoms with Crippen LogP contribution >= 0.6 is 0 Å². The molecule has 0 spiro atoms. The Bertz CT molecular complexity index is 876. The van der Waals surface area contributed by atoms with E-state index >= 15 is 0 Å². The van der Waals surface area contributed by atoms with E-state index in [1.54, 1.807) is 0 Å². The van der Waals surface area contributed by atoms with Crippen molar-refractivity contribution in [3.8, 4) is 11.1 Å². The zero-order chi connectivity index (χ0) is 18.1. The van der Waals surface area contributed by atoms with Gasteiger partial charge in [0.2, 0.25) is 0 Å². The second-order valence-corrected chi connectivity index (χ2v) is 7.93. The number of hydrogen-bond donors (Lipinski definition) is 0. The van der Waals surface area contributed by atoms with Crippen LogP contribution in [0.3, 0.4) is 0 Å². The molecule has 1 aromatic carbocycles. The van der Waals surface area contributed by atoms with Crippen molar-refractivity contribution in [3.05, 3.63) is 71.7 Å². The fourth-order valence-corrected chi connectivity index (χ4v) is 4.47. The zero-order valence-electron chi connectivity index (χ0n) is 15.9. The summed E-state index contributed by atoms with van der Waals surface area (Å²) < 4.78 is 0. The van der Waals surface area contributed by atoms with Gasteiger partial charge >= 0.3 is 0 Å². The number of rotatable bonds is 6. The van der Waals surface area contributed by atoms with Crippen LogP contribution in [-0.2, 0) is 0 Å². The molecule has 1 aliphatic carbocycles. The highest BCUT2D eigenvalue weighted by atomic mass is 15.2. The number of benzene rings is 1. The van der Waals surface area contributed by atoms with Crippen LogP contribution in [0, 0.1) is 0 Å². The molecule has 2 aliphatic heterocycles. The molecular weight excluding hydrogens is 330 g/mol. The molecule has 0 unspecified atom stereocenters. The summed E-state index contributed by atoms with van der Waals surface area (Å²) in [5, 5.41) is 0. The molecule has 0 N–H and O–H groups in total. The molecule has 3 heteroatoms. The minimum absolute atomic E-state index is 1.04. The molecule has 1 saturated heterocycles. The predicted octanol–water partition coefficient (Wildman–Crippen LogP) is 4.59. The van der Waals surface area contributed by atoms with Gasteiger partial charge in [-0.2, -0.15) is 0 Å². The number of likely N-dealkylation sites (tertiary alicyclic amines) is 1.